The molecule has 0 spiro atoms. The number of hydrogen-bond acceptors (Lipinski definition) is 3. The highest BCUT2D eigenvalue weighted by Crippen LogP contribution is 2.40. The quantitative estimate of drug-likeness (QED) is 0.871. The van der Waals surface area contributed by atoms with E-state index in [1.807, 2.05) is 0 Å². The summed E-state index contributed by atoms with van der Waals surface area (Å²) in [5.41, 5.74) is 0.396. The second-order valence-corrected chi connectivity index (χ2v) is 3.42. The van der Waals surface area contributed by atoms with Gasteiger partial charge in [0.25, 0.3) is 6.43 Å². The molecule has 20 heavy (non-hydrogen) atoms. The topological polar surface area (TPSA) is 48.1 Å². The Labute approximate surface area is 106 Å². The molecule has 1 heterocycles. The van der Waals surface area contributed by atoms with Gasteiger partial charge in [0.1, 0.15) is 5.75 Å². The monoisotopic (exact) mass is 310 g/mol. The summed E-state index contributed by atoms with van der Waals surface area (Å²) in [6.07, 6.45) is -14.1. The predicted molar refractivity (Wildman–Crippen MR) is 48.8 cm³/mol. The van der Waals surface area contributed by atoms with E-state index in [1.54, 1.807) is 0 Å². The first-order chi connectivity index (χ1) is 8.97. The molecule has 0 saturated carbocycles. The third kappa shape index (κ3) is 3.68. The molecule has 2 N–H and O–H groups in total. The van der Waals surface area contributed by atoms with Crippen LogP contribution < -0.4 is 10.5 Å². The van der Waals surface area contributed by atoms with Crippen molar-refractivity contribution in [1.82, 2.24) is 4.98 Å². The summed E-state index contributed by atoms with van der Waals surface area (Å²) in [7, 11) is 0. The number of nitrogens with two attached hydrogens (primary N) is 1. The fraction of sp³-hybridized carbons (Fsp3) is 0.444. The molecule has 114 valence electrons. The minimum absolute atomic E-state index is 0.0201. The highest BCUT2D eigenvalue weighted by molar-refractivity contribution is 5.44. The Balaban J connectivity index is 3.55. The van der Waals surface area contributed by atoms with Gasteiger partial charge in [-0.05, 0) is 0 Å². The highest BCUT2D eigenvalue weighted by Gasteiger charge is 2.41. The molecule has 3 nitrogen and oxygen atoms in total. The van der Waals surface area contributed by atoms with Gasteiger partial charge in [0.05, 0.1) is 5.56 Å². The number of nitrogens with zero attached hydrogens (tertiary/aromatic N) is 1. The maximum absolute atomic E-state index is 12.5. The lowest BCUT2D eigenvalue weighted by molar-refractivity contribution is -0.275. The first-order valence-electron chi connectivity index (χ1n) is 4.80. The Kier molecular flexibility index (Phi) is 4.42. The van der Waals surface area contributed by atoms with Gasteiger partial charge in [0.2, 0.25) is 0 Å². The molecule has 1 aromatic rings. The minimum atomic E-state index is -5.45. The van der Waals surface area contributed by atoms with Crippen LogP contribution in [0.4, 0.5) is 35.1 Å². The van der Waals surface area contributed by atoms with Crippen LogP contribution in [0.25, 0.3) is 0 Å². The van der Waals surface area contributed by atoms with Crippen LogP contribution in [0, 0.1) is 0 Å². The zero-order valence-corrected chi connectivity index (χ0v) is 9.32. The molecule has 0 aliphatic heterocycles. The summed E-state index contributed by atoms with van der Waals surface area (Å²) in [6, 6.07) is 0. The summed E-state index contributed by atoms with van der Waals surface area (Å²) in [5, 5.41) is 0. The fourth-order valence-electron chi connectivity index (χ4n) is 1.38. The molecule has 0 aliphatic carbocycles. The van der Waals surface area contributed by atoms with Crippen molar-refractivity contribution in [3.05, 3.63) is 23.0 Å². The molecule has 0 radical (unpaired) electrons. The van der Waals surface area contributed by atoms with Gasteiger partial charge < -0.3 is 10.5 Å². The van der Waals surface area contributed by atoms with Gasteiger partial charge in [-0.2, -0.15) is 13.2 Å². The standard InChI is InChI=1S/C9H6F8N2O/c10-7(11)4-2-19-6(8(12,13)14)3(1-18)5(4)20-9(15,16)17/h2,7H,1,18H2. The van der Waals surface area contributed by atoms with Crippen molar-refractivity contribution in [1.29, 1.82) is 0 Å². The molecular formula is C9H6F8N2O. The van der Waals surface area contributed by atoms with Gasteiger partial charge in [-0.1, -0.05) is 0 Å². The lowest BCUT2D eigenvalue weighted by Gasteiger charge is -2.19. The fourth-order valence-corrected chi connectivity index (χ4v) is 1.38. The van der Waals surface area contributed by atoms with Crippen LogP contribution in [-0.4, -0.2) is 11.3 Å². The lowest BCUT2D eigenvalue weighted by Crippen LogP contribution is -2.23. The Hall–Kier alpha value is -1.65. The smallest absolute Gasteiger partial charge is 0.405 e. The number of pyridine rings is 1. The summed E-state index contributed by atoms with van der Waals surface area (Å²) >= 11 is 0. The SMILES string of the molecule is NCc1c(C(F)(F)F)ncc(C(F)F)c1OC(F)(F)F. The molecule has 0 aliphatic rings. The Morgan fingerprint density at radius 3 is 2.05 bits per heavy atom. The van der Waals surface area contributed by atoms with E-state index < -0.39 is 48.1 Å². The molecule has 11 heteroatoms. The molecule has 0 fully saturated rings. The second-order valence-electron chi connectivity index (χ2n) is 3.42. The van der Waals surface area contributed by atoms with Crippen LogP contribution in [0.3, 0.4) is 0 Å². The molecule has 0 bridgehead atoms. The number of halogens is 8. The second kappa shape index (κ2) is 5.38. The van der Waals surface area contributed by atoms with Gasteiger partial charge in [0, 0.05) is 18.3 Å². The van der Waals surface area contributed by atoms with Crippen molar-refractivity contribution in [2.45, 2.75) is 25.5 Å². The molecular weight excluding hydrogens is 304 g/mol. The minimum Gasteiger partial charge on any atom is -0.405 e. The summed E-state index contributed by atoms with van der Waals surface area (Å²) in [5.74, 6) is -1.67. The number of rotatable bonds is 3. The Bertz CT molecular complexity index is 482. The maximum atomic E-state index is 12.5. The van der Waals surface area contributed by atoms with Gasteiger partial charge >= 0.3 is 12.5 Å². The van der Waals surface area contributed by atoms with Crippen LogP contribution in [0.1, 0.15) is 23.2 Å². The molecule has 1 rings (SSSR count). The van der Waals surface area contributed by atoms with E-state index in [9.17, 15) is 35.1 Å². The third-order valence-corrected chi connectivity index (χ3v) is 2.08. The number of aromatic nitrogens is 1. The van der Waals surface area contributed by atoms with Gasteiger partial charge in [0.15, 0.2) is 5.69 Å². The van der Waals surface area contributed by atoms with E-state index in [4.69, 9.17) is 5.73 Å². The molecule has 0 unspecified atom stereocenters. The van der Waals surface area contributed by atoms with Crippen molar-refractivity contribution in [2.75, 3.05) is 0 Å². The van der Waals surface area contributed by atoms with Crippen LogP contribution in [0.15, 0.2) is 6.20 Å². The zero-order chi connectivity index (χ0) is 15.7. The first kappa shape index (κ1) is 16.4. The normalized spacial score (nSPS) is 12.9. The van der Waals surface area contributed by atoms with E-state index in [0.717, 1.165) is 0 Å². The van der Waals surface area contributed by atoms with Gasteiger partial charge in [-0.15, -0.1) is 13.2 Å². The van der Waals surface area contributed by atoms with E-state index in [-0.39, 0.29) is 6.20 Å². The van der Waals surface area contributed by atoms with E-state index in [2.05, 4.69) is 9.72 Å². The summed E-state index contributed by atoms with van der Waals surface area (Å²) in [6.45, 7) is -1.10. The predicted octanol–water partition coefficient (Wildman–Crippen LogP) is 3.40. The Morgan fingerprint density at radius 1 is 1.15 bits per heavy atom. The van der Waals surface area contributed by atoms with Crippen LogP contribution in [0.2, 0.25) is 0 Å². The van der Waals surface area contributed by atoms with Crippen LogP contribution in [-0.2, 0) is 12.7 Å². The van der Waals surface area contributed by atoms with Crippen molar-refractivity contribution in [3.63, 3.8) is 0 Å². The summed E-state index contributed by atoms with van der Waals surface area (Å²) in [4.78, 5) is 2.70. The van der Waals surface area contributed by atoms with Crippen LogP contribution in [0.5, 0.6) is 5.75 Å². The average Bonchev–Trinajstić information content (AvgIpc) is 2.24. The third-order valence-electron chi connectivity index (χ3n) is 2.08. The van der Waals surface area contributed by atoms with Crippen molar-refractivity contribution >= 4 is 0 Å². The van der Waals surface area contributed by atoms with E-state index >= 15 is 0 Å². The molecule has 0 aromatic carbocycles. The number of ether oxygens (including phenoxy) is 1. The Morgan fingerprint density at radius 2 is 1.70 bits per heavy atom. The zero-order valence-electron chi connectivity index (χ0n) is 9.32. The number of alkyl halides is 8. The van der Waals surface area contributed by atoms with E-state index in [0.29, 0.717) is 0 Å². The molecule has 0 amide bonds. The van der Waals surface area contributed by atoms with Gasteiger partial charge in [-0.25, -0.2) is 8.78 Å². The van der Waals surface area contributed by atoms with Crippen molar-refractivity contribution in [2.24, 2.45) is 5.73 Å². The number of hydrogen-bond donors (Lipinski definition) is 1. The van der Waals surface area contributed by atoms with Crippen LogP contribution >= 0.6 is 0 Å². The summed E-state index contributed by atoms with van der Waals surface area (Å²) < 4.78 is 102. The van der Waals surface area contributed by atoms with E-state index in [1.165, 1.54) is 0 Å². The molecule has 0 saturated heterocycles. The largest absolute Gasteiger partial charge is 0.573 e. The van der Waals surface area contributed by atoms with Gasteiger partial charge in [-0.3, -0.25) is 4.98 Å². The maximum Gasteiger partial charge on any atom is 0.573 e. The first-order valence-corrected chi connectivity index (χ1v) is 4.80. The molecule has 1 aromatic heterocycles. The highest BCUT2D eigenvalue weighted by atomic mass is 19.4. The average molecular weight is 310 g/mol. The van der Waals surface area contributed by atoms with Crippen molar-refractivity contribution < 1.29 is 39.9 Å². The lowest BCUT2D eigenvalue weighted by atomic mass is 10.1. The molecule has 0 atom stereocenters. The van der Waals surface area contributed by atoms with Crippen molar-refractivity contribution in [3.8, 4) is 5.75 Å².